The Balaban J connectivity index is 2.09. The number of amides is 1. The Labute approximate surface area is 140 Å². The van der Waals surface area contributed by atoms with Crippen molar-refractivity contribution in [2.45, 2.75) is 6.54 Å². The van der Waals surface area contributed by atoms with Crippen molar-refractivity contribution in [1.82, 2.24) is 5.32 Å². The first kappa shape index (κ1) is 15.6. The van der Waals surface area contributed by atoms with E-state index < -0.39 is 0 Å². The second kappa shape index (κ2) is 6.81. The molecule has 2 nitrogen and oxygen atoms in total. The van der Waals surface area contributed by atoms with Gasteiger partial charge in [-0.1, -0.05) is 50.7 Å². The third-order valence-corrected chi connectivity index (χ3v) is 4.06. The van der Waals surface area contributed by atoms with Crippen LogP contribution in [0.5, 0.6) is 0 Å². The van der Waals surface area contributed by atoms with E-state index in [1.807, 2.05) is 0 Å². The summed E-state index contributed by atoms with van der Waals surface area (Å²) in [6, 6.07) is 10.2. The smallest absolute Gasteiger partial charge is 0.251 e. The number of halogens is 4. The zero-order chi connectivity index (χ0) is 14.7. The maximum atomic E-state index is 12.0. The Morgan fingerprint density at radius 3 is 2.15 bits per heavy atom. The van der Waals surface area contributed by atoms with Gasteiger partial charge in [-0.2, -0.15) is 0 Å². The zero-order valence-electron chi connectivity index (χ0n) is 10.1. The average molecular weight is 393 g/mol. The molecule has 0 aromatic heterocycles. The molecule has 20 heavy (non-hydrogen) atoms. The summed E-state index contributed by atoms with van der Waals surface area (Å²) in [5.74, 6) is -0.195. The van der Waals surface area contributed by atoms with E-state index in [9.17, 15) is 4.79 Å². The van der Waals surface area contributed by atoms with Gasteiger partial charge in [0.2, 0.25) is 0 Å². The Kier molecular flexibility index (Phi) is 5.33. The summed E-state index contributed by atoms with van der Waals surface area (Å²) in [4.78, 5) is 12.0. The Bertz CT molecular complexity index is 620. The summed E-state index contributed by atoms with van der Waals surface area (Å²) < 4.78 is 0.915. The van der Waals surface area contributed by atoms with Crippen molar-refractivity contribution >= 4 is 56.6 Å². The van der Waals surface area contributed by atoms with Crippen LogP contribution in [-0.4, -0.2) is 5.91 Å². The lowest BCUT2D eigenvalue weighted by Gasteiger charge is -2.09. The lowest BCUT2D eigenvalue weighted by molar-refractivity contribution is 0.0951. The van der Waals surface area contributed by atoms with E-state index in [4.69, 9.17) is 34.8 Å². The minimum absolute atomic E-state index is 0.195. The highest BCUT2D eigenvalue weighted by Gasteiger charge is 2.10. The molecular formula is C14H9BrCl3NO. The molecule has 0 bridgehead atoms. The minimum Gasteiger partial charge on any atom is -0.348 e. The molecule has 0 aliphatic heterocycles. The van der Waals surface area contributed by atoms with Gasteiger partial charge in [0.15, 0.2) is 0 Å². The summed E-state index contributed by atoms with van der Waals surface area (Å²) in [5.41, 5.74) is 1.21. The van der Waals surface area contributed by atoms with Crippen LogP contribution >= 0.6 is 50.7 Å². The molecule has 0 fully saturated rings. The largest absolute Gasteiger partial charge is 0.348 e. The van der Waals surface area contributed by atoms with Crippen LogP contribution in [0.3, 0.4) is 0 Å². The van der Waals surface area contributed by atoms with Crippen LogP contribution in [0.2, 0.25) is 15.1 Å². The molecule has 0 atom stereocenters. The Morgan fingerprint density at radius 2 is 1.60 bits per heavy atom. The molecule has 1 amide bonds. The van der Waals surface area contributed by atoms with Crippen LogP contribution in [0.25, 0.3) is 0 Å². The summed E-state index contributed by atoms with van der Waals surface area (Å²) in [5, 5.41) is 4.09. The van der Waals surface area contributed by atoms with Gasteiger partial charge in [-0.15, -0.1) is 0 Å². The van der Waals surface area contributed by atoms with Gasteiger partial charge in [0.25, 0.3) is 5.91 Å². The van der Waals surface area contributed by atoms with Gasteiger partial charge < -0.3 is 5.32 Å². The van der Waals surface area contributed by atoms with E-state index in [0.717, 1.165) is 4.47 Å². The SMILES string of the molecule is O=C(NCc1c(Cl)cc(Cl)cc1Cl)c1ccc(Br)cc1. The van der Waals surface area contributed by atoms with E-state index in [0.29, 0.717) is 26.2 Å². The van der Waals surface area contributed by atoms with Gasteiger partial charge in [0, 0.05) is 37.2 Å². The first-order valence-electron chi connectivity index (χ1n) is 5.64. The maximum Gasteiger partial charge on any atom is 0.251 e. The lowest BCUT2D eigenvalue weighted by Crippen LogP contribution is -2.23. The molecule has 0 aliphatic carbocycles. The van der Waals surface area contributed by atoms with E-state index in [-0.39, 0.29) is 12.5 Å². The molecule has 0 saturated carbocycles. The molecular weight excluding hydrogens is 384 g/mol. The molecule has 2 aromatic rings. The van der Waals surface area contributed by atoms with Crippen LogP contribution in [0.15, 0.2) is 40.9 Å². The number of hydrogen-bond donors (Lipinski definition) is 1. The Morgan fingerprint density at radius 1 is 1.05 bits per heavy atom. The maximum absolute atomic E-state index is 12.0. The molecule has 2 rings (SSSR count). The first-order valence-corrected chi connectivity index (χ1v) is 7.57. The number of rotatable bonds is 3. The van der Waals surface area contributed by atoms with Crippen LogP contribution in [0.4, 0.5) is 0 Å². The zero-order valence-corrected chi connectivity index (χ0v) is 13.9. The van der Waals surface area contributed by atoms with E-state index in [1.165, 1.54) is 0 Å². The molecule has 0 radical (unpaired) electrons. The van der Waals surface area contributed by atoms with Gasteiger partial charge in [0.1, 0.15) is 0 Å². The van der Waals surface area contributed by atoms with Crippen LogP contribution in [-0.2, 0) is 6.54 Å². The standard InChI is InChI=1S/C14H9BrCl3NO/c15-9-3-1-8(2-4-9)14(20)19-7-11-12(17)5-10(16)6-13(11)18/h1-6H,7H2,(H,19,20). The quantitative estimate of drug-likeness (QED) is 0.749. The summed E-state index contributed by atoms with van der Waals surface area (Å²) >= 11 is 21.3. The topological polar surface area (TPSA) is 29.1 Å². The lowest BCUT2D eigenvalue weighted by atomic mass is 10.2. The summed E-state index contributed by atoms with van der Waals surface area (Å²) in [7, 11) is 0. The van der Waals surface area contributed by atoms with E-state index >= 15 is 0 Å². The highest BCUT2D eigenvalue weighted by Crippen LogP contribution is 2.28. The number of carbonyl (C=O) groups is 1. The third-order valence-electron chi connectivity index (χ3n) is 2.64. The van der Waals surface area contributed by atoms with Crippen molar-refractivity contribution in [2.75, 3.05) is 0 Å². The molecule has 0 heterocycles. The van der Waals surface area contributed by atoms with Crippen molar-refractivity contribution < 1.29 is 4.79 Å². The van der Waals surface area contributed by atoms with Crippen molar-refractivity contribution in [3.8, 4) is 0 Å². The Hall–Kier alpha value is -0.740. The predicted molar refractivity (Wildman–Crippen MR) is 86.8 cm³/mol. The predicted octanol–water partition coefficient (Wildman–Crippen LogP) is 5.34. The molecule has 6 heteroatoms. The second-order valence-electron chi connectivity index (χ2n) is 4.04. The number of nitrogens with one attached hydrogen (secondary N) is 1. The van der Waals surface area contributed by atoms with Crippen LogP contribution < -0.4 is 5.32 Å². The fourth-order valence-corrected chi connectivity index (χ4v) is 2.83. The molecule has 0 aliphatic rings. The first-order chi connectivity index (χ1) is 9.47. The molecule has 2 aromatic carbocycles. The summed E-state index contributed by atoms with van der Waals surface area (Å²) in [6.07, 6.45) is 0. The van der Waals surface area contributed by atoms with Crippen molar-refractivity contribution in [1.29, 1.82) is 0 Å². The summed E-state index contributed by atoms with van der Waals surface area (Å²) in [6.45, 7) is 0.240. The van der Waals surface area contributed by atoms with Gasteiger partial charge in [-0.25, -0.2) is 0 Å². The van der Waals surface area contributed by atoms with E-state index in [2.05, 4.69) is 21.2 Å². The van der Waals surface area contributed by atoms with Crippen molar-refractivity contribution in [3.63, 3.8) is 0 Å². The highest BCUT2D eigenvalue weighted by molar-refractivity contribution is 9.10. The minimum atomic E-state index is -0.195. The fraction of sp³-hybridized carbons (Fsp3) is 0.0714. The number of carbonyl (C=O) groups excluding carboxylic acids is 1. The molecule has 104 valence electrons. The fourth-order valence-electron chi connectivity index (χ4n) is 1.61. The van der Waals surface area contributed by atoms with Gasteiger partial charge in [0.05, 0.1) is 0 Å². The molecule has 0 unspecified atom stereocenters. The molecule has 0 saturated heterocycles. The van der Waals surface area contributed by atoms with Gasteiger partial charge in [-0.3, -0.25) is 4.79 Å². The van der Waals surface area contributed by atoms with Crippen molar-refractivity contribution in [2.24, 2.45) is 0 Å². The number of hydrogen-bond acceptors (Lipinski definition) is 1. The highest BCUT2D eigenvalue weighted by atomic mass is 79.9. The molecule has 1 N–H and O–H groups in total. The van der Waals surface area contributed by atoms with Gasteiger partial charge >= 0.3 is 0 Å². The van der Waals surface area contributed by atoms with E-state index in [1.54, 1.807) is 36.4 Å². The van der Waals surface area contributed by atoms with Gasteiger partial charge in [-0.05, 0) is 36.4 Å². The van der Waals surface area contributed by atoms with Crippen LogP contribution in [0.1, 0.15) is 15.9 Å². The number of benzene rings is 2. The average Bonchev–Trinajstić information content (AvgIpc) is 2.38. The normalized spacial score (nSPS) is 10.4. The second-order valence-corrected chi connectivity index (χ2v) is 6.20. The monoisotopic (exact) mass is 391 g/mol. The molecule has 0 spiro atoms. The van der Waals surface area contributed by atoms with Crippen molar-refractivity contribution in [3.05, 3.63) is 67.1 Å². The third kappa shape index (κ3) is 3.89. The van der Waals surface area contributed by atoms with Crippen LogP contribution in [0, 0.1) is 0 Å².